The lowest BCUT2D eigenvalue weighted by atomic mass is 10.1. The Morgan fingerprint density at radius 3 is 2.44 bits per heavy atom. The number of thioether (sulfide) groups is 1. The third-order valence-corrected chi connectivity index (χ3v) is 4.13. The van der Waals surface area contributed by atoms with Crippen molar-refractivity contribution in [3.05, 3.63) is 0 Å². The lowest BCUT2D eigenvalue weighted by molar-refractivity contribution is -0.138. The molecule has 6 heteroatoms. The standard InChI is InChI=1S/C12H22N2O3S/c13-10(12(16)17)7-18-8-11(15)14-9-5-3-1-2-4-6-9/h9-10H,1-8,13H2,(H,14,15)(H,16,17). The van der Waals surface area contributed by atoms with Gasteiger partial charge in [0.2, 0.25) is 5.91 Å². The van der Waals surface area contributed by atoms with E-state index < -0.39 is 12.0 Å². The van der Waals surface area contributed by atoms with E-state index in [4.69, 9.17) is 10.8 Å². The topological polar surface area (TPSA) is 92.4 Å². The van der Waals surface area contributed by atoms with E-state index in [0.717, 1.165) is 12.8 Å². The Hall–Kier alpha value is -0.750. The van der Waals surface area contributed by atoms with Crippen molar-refractivity contribution < 1.29 is 14.7 Å². The summed E-state index contributed by atoms with van der Waals surface area (Å²) in [6, 6.07) is -0.588. The van der Waals surface area contributed by atoms with E-state index in [-0.39, 0.29) is 17.4 Å². The second kappa shape index (κ2) is 8.37. The molecule has 0 aromatic heterocycles. The van der Waals surface area contributed by atoms with Crippen molar-refractivity contribution in [2.24, 2.45) is 5.73 Å². The van der Waals surface area contributed by atoms with Gasteiger partial charge in [0.1, 0.15) is 6.04 Å². The second-order valence-electron chi connectivity index (χ2n) is 4.72. The number of carbonyl (C=O) groups is 2. The first-order valence-corrected chi connectivity index (χ1v) is 7.60. The van der Waals surface area contributed by atoms with Gasteiger partial charge in [0, 0.05) is 11.8 Å². The minimum Gasteiger partial charge on any atom is -0.480 e. The van der Waals surface area contributed by atoms with Crippen LogP contribution in [0.4, 0.5) is 0 Å². The van der Waals surface area contributed by atoms with E-state index in [2.05, 4.69) is 5.32 Å². The summed E-state index contributed by atoms with van der Waals surface area (Å²) in [5, 5.41) is 11.6. The molecule has 0 saturated heterocycles. The van der Waals surface area contributed by atoms with Gasteiger partial charge in [-0.2, -0.15) is 0 Å². The van der Waals surface area contributed by atoms with Gasteiger partial charge in [-0.15, -0.1) is 11.8 Å². The Labute approximate surface area is 112 Å². The molecule has 0 spiro atoms. The minimum absolute atomic E-state index is 0.00973. The van der Waals surface area contributed by atoms with Crippen LogP contribution in [0.3, 0.4) is 0 Å². The monoisotopic (exact) mass is 274 g/mol. The van der Waals surface area contributed by atoms with Crippen molar-refractivity contribution in [2.45, 2.75) is 50.6 Å². The molecule has 0 radical (unpaired) electrons. The van der Waals surface area contributed by atoms with Gasteiger partial charge in [-0.1, -0.05) is 25.7 Å². The molecule has 0 aliphatic heterocycles. The number of carbonyl (C=O) groups excluding carboxylic acids is 1. The molecule has 1 amide bonds. The summed E-state index contributed by atoms with van der Waals surface area (Å²) in [4.78, 5) is 22.1. The summed E-state index contributed by atoms with van der Waals surface area (Å²) in [6.07, 6.45) is 7.00. The molecule has 1 fully saturated rings. The molecule has 1 unspecified atom stereocenters. The first-order valence-electron chi connectivity index (χ1n) is 6.45. The van der Waals surface area contributed by atoms with Crippen molar-refractivity contribution in [3.63, 3.8) is 0 Å². The Bertz CT molecular complexity index is 278. The molecular weight excluding hydrogens is 252 g/mol. The van der Waals surface area contributed by atoms with E-state index in [1.54, 1.807) is 0 Å². The molecule has 1 saturated carbocycles. The van der Waals surface area contributed by atoms with Gasteiger partial charge in [-0.25, -0.2) is 0 Å². The van der Waals surface area contributed by atoms with E-state index >= 15 is 0 Å². The van der Waals surface area contributed by atoms with Crippen molar-refractivity contribution in [1.82, 2.24) is 5.32 Å². The van der Waals surface area contributed by atoms with Crippen LogP contribution in [0.2, 0.25) is 0 Å². The smallest absolute Gasteiger partial charge is 0.321 e. The van der Waals surface area contributed by atoms with Gasteiger partial charge in [0.15, 0.2) is 0 Å². The summed E-state index contributed by atoms with van der Waals surface area (Å²) in [7, 11) is 0. The summed E-state index contributed by atoms with van der Waals surface area (Å²) < 4.78 is 0. The number of amides is 1. The van der Waals surface area contributed by atoms with Gasteiger partial charge in [0.05, 0.1) is 5.75 Å². The molecule has 0 heterocycles. The predicted molar refractivity (Wildman–Crippen MR) is 72.6 cm³/mol. The number of carboxylic acids is 1. The SMILES string of the molecule is NC(CSCC(=O)NC1CCCCCC1)C(=O)O. The number of carboxylic acid groups (broad SMARTS) is 1. The highest BCUT2D eigenvalue weighted by Crippen LogP contribution is 2.17. The lowest BCUT2D eigenvalue weighted by Gasteiger charge is -2.16. The molecule has 5 nitrogen and oxygen atoms in total. The summed E-state index contributed by atoms with van der Waals surface area (Å²) in [5.41, 5.74) is 5.36. The highest BCUT2D eigenvalue weighted by atomic mass is 32.2. The fourth-order valence-corrected chi connectivity index (χ4v) is 2.83. The molecule has 1 aliphatic carbocycles. The zero-order valence-corrected chi connectivity index (χ0v) is 11.4. The fraction of sp³-hybridized carbons (Fsp3) is 0.833. The maximum atomic E-state index is 11.7. The molecule has 0 aromatic rings. The third-order valence-electron chi connectivity index (χ3n) is 3.07. The van der Waals surface area contributed by atoms with E-state index in [1.165, 1.54) is 37.4 Å². The summed E-state index contributed by atoms with van der Waals surface area (Å²) in [5.74, 6) is -0.471. The quantitative estimate of drug-likeness (QED) is 0.628. The maximum Gasteiger partial charge on any atom is 0.321 e. The van der Waals surface area contributed by atoms with Crippen LogP contribution in [-0.2, 0) is 9.59 Å². The van der Waals surface area contributed by atoms with Crippen LogP contribution in [-0.4, -0.2) is 40.6 Å². The van der Waals surface area contributed by atoms with Crippen LogP contribution in [0, 0.1) is 0 Å². The average molecular weight is 274 g/mol. The van der Waals surface area contributed by atoms with Crippen molar-refractivity contribution in [1.29, 1.82) is 0 Å². The number of aliphatic carboxylic acids is 1. The third kappa shape index (κ3) is 6.26. The van der Waals surface area contributed by atoms with Crippen LogP contribution in [0.1, 0.15) is 38.5 Å². The van der Waals surface area contributed by atoms with Crippen molar-refractivity contribution in [2.75, 3.05) is 11.5 Å². The van der Waals surface area contributed by atoms with Crippen LogP contribution < -0.4 is 11.1 Å². The van der Waals surface area contributed by atoms with Gasteiger partial charge < -0.3 is 16.2 Å². The fourth-order valence-electron chi connectivity index (χ4n) is 2.04. The summed E-state index contributed by atoms with van der Waals surface area (Å²) >= 11 is 1.27. The van der Waals surface area contributed by atoms with E-state index in [1.807, 2.05) is 0 Å². The predicted octanol–water partition coefficient (Wildman–Crippen LogP) is 0.970. The molecule has 1 aliphatic rings. The first-order chi connectivity index (χ1) is 8.59. The zero-order chi connectivity index (χ0) is 13.4. The molecule has 104 valence electrons. The average Bonchev–Trinajstić information content (AvgIpc) is 2.57. The second-order valence-corrected chi connectivity index (χ2v) is 5.75. The highest BCUT2D eigenvalue weighted by molar-refractivity contribution is 8.00. The molecule has 1 atom stereocenters. The van der Waals surface area contributed by atoms with E-state index in [9.17, 15) is 9.59 Å². The Balaban J connectivity index is 2.14. The van der Waals surface area contributed by atoms with Gasteiger partial charge in [0.25, 0.3) is 0 Å². The van der Waals surface area contributed by atoms with Crippen LogP contribution in [0.25, 0.3) is 0 Å². The van der Waals surface area contributed by atoms with Gasteiger partial charge >= 0.3 is 5.97 Å². The Kier molecular flexibility index (Phi) is 7.12. The van der Waals surface area contributed by atoms with Gasteiger partial charge in [-0.05, 0) is 12.8 Å². The largest absolute Gasteiger partial charge is 0.480 e. The minimum atomic E-state index is -1.02. The van der Waals surface area contributed by atoms with Crippen LogP contribution in [0.15, 0.2) is 0 Å². The van der Waals surface area contributed by atoms with Gasteiger partial charge in [-0.3, -0.25) is 9.59 Å². The number of nitrogens with two attached hydrogens (primary N) is 1. The number of rotatable bonds is 6. The number of hydrogen-bond acceptors (Lipinski definition) is 4. The van der Waals surface area contributed by atoms with Crippen molar-refractivity contribution >= 4 is 23.6 Å². The highest BCUT2D eigenvalue weighted by Gasteiger charge is 2.16. The molecule has 0 bridgehead atoms. The lowest BCUT2D eigenvalue weighted by Crippen LogP contribution is -2.37. The normalized spacial score (nSPS) is 18.9. The number of nitrogens with one attached hydrogen (secondary N) is 1. The molecule has 1 rings (SSSR count). The van der Waals surface area contributed by atoms with Crippen molar-refractivity contribution in [3.8, 4) is 0 Å². The van der Waals surface area contributed by atoms with Crippen LogP contribution >= 0.6 is 11.8 Å². The Morgan fingerprint density at radius 1 is 1.28 bits per heavy atom. The zero-order valence-electron chi connectivity index (χ0n) is 10.6. The molecular formula is C12H22N2O3S. The molecule has 18 heavy (non-hydrogen) atoms. The van der Waals surface area contributed by atoms with E-state index in [0.29, 0.717) is 6.04 Å². The maximum absolute atomic E-state index is 11.7. The Morgan fingerprint density at radius 2 is 1.89 bits per heavy atom. The molecule has 0 aromatic carbocycles. The van der Waals surface area contributed by atoms with Crippen LogP contribution in [0.5, 0.6) is 0 Å². The first kappa shape index (κ1) is 15.3. The molecule has 4 N–H and O–H groups in total. The number of hydrogen-bond donors (Lipinski definition) is 3. The summed E-state index contributed by atoms with van der Waals surface area (Å²) in [6.45, 7) is 0.